The minimum Gasteiger partial charge on any atom is -0.198 e. The van der Waals surface area contributed by atoms with Crippen LogP contribution in [0, 0.1) is 22.7 Å². The lowest BCUT2D eigenvalue weighted by molar-refractivity contribution is 0.923. The summed E-state index contributed by atoms with van der Waals surface area (Å²) >= 11 is 0. The first kappa shape index (κ1) is 14.8. The van der Waals surface area contributed by atoms with Crippen molar-refractivity contribution < 1.29 is 0 Å². The molecule has 2 heteroatoms. The minimum atomic E-state index is -0.123. The topological polar surface area (TPSA) is 47.6 Å². The van der Waals surface area contributed by atoms with E-state index in [-0.39, 0.29) is 11.8 Å². The van der Waals surface area contributed by atoms with E-state index in [1.54, 1.807) is 0 Å². The fraction of sp³-hybridized carbons (Fsp3) is 0.263. The molecular formula is C19H18N2. The summed E-state index contributed by atoms with van der Waals surface area (Å²) in [6.45, 7) is 3.84. The molecule has 0 spiro atoms. The molecule has 2 aromatic carbocycles. The molecule has 104 valence electrons. The van der Waals surface area contributed by atoms with Gasteiger partial charge in [0, 0.05) is 0 Å². The van der Waals surface area contributed by atoms with Gasteiger partial charge in [-0.1, -0.05) is 48.5 Å². The average Bonchev–Trinajstić information content (AvgIpc) is 2.54. The van der Waals surface area contributed by atoms with Crippen LogP contribution in [0.5, 0.6) is 0 Å². The van der Waals surface area contributed by atoms with E-state index in [2.05, 4.69) is 24.3 Å². The lowest BCUT2D eigenvalue weighted by Crippen LogP contribution is -2.02. The van der Waals surface area contributed by atoms with Gasteiger partial charge in [0.25, 0.3) is 0 Å². The molecule has 0 aliphatic heterocycles. The van der Waals surface area contributed by atoms with E-state index in [0.29, 0.717) is 0 Å². The van der Waals surface area contributed by atoms with Crippen LogP contribution in [-0.2, 0) is 6.42 Å². The molecule has 21 heavy (non-hydrogen) atoms. The summed E-state index contributed by atoms with van der Waals surface area (Å²) in [6.07, 6.45) is 0.754. The molecule has 0 saturated heterocycles. The number of nitrogens with zero attached hydrogens (tertiary/aromatic N) is 2. The number of rotatable bonds is 4. The zero-order chi connectivity index (χ0) is 15.2. The SMILES string of the molecule is CC(C#N)c1ccccc1Cc1ccccc1C(C)C#N. The highest BCUT2D eigenvalue weighted by Crippen LogP contribution is 2.26. The van der Waals surface area contributed by atoms with Crippen molar-refractivity contribution in [2.75, 3.05) is 0 Å². The molecule has 0 aromatic heterocycles. The maximum Gasteiger partial charge on any atom is 0.0701 e. The summed E-state index contributed by atoms with van der Waals surface area (Å²) in [5, 5.41) is 18.3. The van der Waals surface area contributed by atoms with Crippen molar-refractivity contribution in [1.29, 1.82) is 10.5 Å². The molecule has 2 atom stereocenters. The van der Waals surface area contributed by atoms with Crippen LogP contribution in [0.3, 0.4) is 0 Å². The lowest BCUT2D eigenvalue weighted by Gasteiger charge is -2.14. The van der Waals surface area contributed by atoms with Crippen LogP contribution in [0.15, 0.2) is 48.5 Å². The quantitative estimate of drug-likeness (QED) is 0.822. The Kier molecular flexibility index (Phi) is 4.75. The molecule has 0 radical (unpaired) electrons. The first-order valence-corrected chi connectivity index (χ1v) is 7.12. The lowest BCUT2D eigenvalue weighted by atomic mass is 9.89. The summed E-state index contributed by atoms with van der Waals surface area (Å²) in [7, 11) is 0. The second-order valence-corrected chi connectivity index (χ2v) is 5.28. The van der Waals surface area contributed by atoms with E-state index >= 15 is 0 Å². The van der Waals surface area contributed by atoms with Gasteiger partial charge < -0.3 is 0 Å². The zero-order valence-electron chi connectivity index (χ0n) is 12.4. The van der Waals surface area contributed by atoms with E-state index in [1.807, 2.05) is 50.2 Å². The molecule has 0 aliphatic rings. The van der Waals surface area contributed by atoms with Gasteiger partial charge in [0.15, 0.2) is 0 Å². The van der Waals surface area contributed by atoms with Crippen LogP contribution in [0.2, 0.25) is 0 Å². The molecule has 0 bridgehead atoms. The summed E-state index contributed by atoms with van der Waals surface area (Å²) in [5.41, 5.74) is 4.45. The van der Waals surface area contributed by atoms with Crippen LogP contribution < -0.4 is 0 Å². The Morgan fingerprint density at radius 1 is 0.762 bits per heavy atom. The third-order valence-corrected chi connectivity index (χ3v) is 3.81. The van der Waals surface area contributed by atoms with Crippen LogP contribution >= 0.6 is 0 Å². The molecule has 0 N–H and O–H groups in total. The summed E-state index contributed by atoms with van der Waals surface area (Å²) in [4.78, 5) is 0. The van der Waals surface area contributed by atoms with Gasteiger partial charge in [-0.05, 0) is 42.5 Å². The molecule has 2 rings (SSSR count). The van der Waals surface area contributed by atoms with Crippen molar-refractivity contribution in [3.63, 3.8) is 0 Å². The number of hydrogen-bond acceptors (Lipinski definition) is 2. The Balaban J connectivity index is 2.41. The number of benzene rings is 2. The van der Waals surface area contributed by atoms with Gasteiger partial charge in [-0.15, -0.1) is 0 Å². The first-order chi connectivity index (χ1) is 10.2. The zero-order valence-corrected chi connectivity index (χ0v) is 12.4. The maximum absolute atomic E-state index is 9.17. The highest BCUT2D eigenvalue weighted by molar-refractivity contribution is 5.41. The molecule has 0 fully saturated rings. The van der Waals surface area contributed by atoms with E-state index in [9.17, 15) is 0 Å². The van der Waals surface area contributed by atoms with Gasteiger partial charge >= 0.3 is 0 Å². The Labute approximate surface area is 126 Å². The Hall–Kier alpha value is -2.58. The van der Waals surface area contributed by atoms with Crippen molar-refractivity contribution in [2.45, 2.75) is 32.1 Å². The van der Waals surface area contributed by atoms with Crippen LogP contribution in [0.4, 0.5) is 0 Å². The number of hydrogen-bond donors (Lipinski definition) is 0. The van der Waals surface area contributed by atoms with Gasteiger partial charge in [-0.2, -0.15) is 10.5 Å². The molecular weight excluding hydrogens is 256 g/mol. The molecule has 0 amide bonds. The Morgan fingerprint density at radius 2 is 1.14 bits per heavy atom. The van der Waals surface area contributed by atoms with Gasteiger partial charge in [-0.25, -0.2) is 0 Å². The van der Waals surface area contributed by atoms with Crippen molar-refractivity contribution >= 4 is 0 Å². The fourth-order valence-electron chi connectivity index (χ4n) is 2.58. The normalized spacial score (nSPS) is 13.0. The van der Waals surface area contributed by atoms with Gasteiger partial charge in [0.2, 0.25) is 0 Å². The van der Waals surface area contributed by atoms with Crippen LogP contribution in [0.25, 0.3) is 0 Å². The van der Waals surface area contributed by atoms with E-state index < -0.39 is 0 Å². The largest absolute Gasteiger partial charge is 0.198 e. The monoisotopic (exact) mass is 274 g/mol. The van der Waals surface area contributed by atoms with Crippen LogP contribution in [-0.4, -0.2) is 0 Å². The molecule has 2 aromatic rings. The third kappa shape index (κ3) is 3.30. The number of nitriles is 2. The predicted octanol–water partition coefficient (Wildman–Crippen LogP) is 4.53. The minimum absolute atomic E-state index is 0.123. The van der Waals surface area contributed by atoms with E-state index in [4.69, 9.17) is 10.5 Å². The molecule has 0 saturated carbocycles. The van der Waals surface area contributed by atoms with Gasteiger partial charge in [0.05, 0.1) is 24.0 Å². The summed E-state index contributed by atoms with van der Waals surface area (Å²) in [6, 6.07) is 20.7. The second-order valence-electron chi connectivity index (χ2n) is 5.28. The summed E-state index contributed by atoms with van der Waals surface area (Å²) < 4.78 is 0. The highest BCUT2D eigenvalue weighted by atomic mass is 14.3. The Morgan fingerprint density at radius 3 is 1.52 bits per heavy atom. The van der Waals surface area contributed by atoms with Crippen molar-refractivity contribution in [1.82, 2.24) is 0 Å². The standard InChI is InChI=1S/C19H18N2/c1-14(12-20)18-9-5-3-7-16(18)11-17-8-4-6-10-19(17)15(2)13-21/h3-10,14-15H,11H2,1-2H3. The van der Waals surface area contributed by atoms with E-state index in [1.165, 1.54) is 0 Å². The van der Waals surface area contributed by atoms with Crippen LogP contribution in [0.1, 0.15) is 47.9 Å². The Bertz CT molecular complexity index is 642. The van der Waals surface area contributed by atoms with Crippen molar-refractivity contribution in [3.8, 4) is 12.1 Å². The smallest absolute Gasteiger partial charge is 0.0701 e. The maximum atomic E-state index is 9.17. The molecule has 0 heterocycles. The third-order valence-electron chi connectivity index (χ3n) is 3.81. The first-order valence-electron chi connectivity index (χ1n) is 7.12. The van der Waals surface area contributed by atoms with E-state index in [0.717, 1.165) is 28.7 Å². The molecule has 0 aliphatic carbocycles. The van der Waals surface area contributed by atoms with Crippen molar-refractivity contribution in [3.05, 3.63) is 70.8 Å². The summed E-state index contributed by atoms with van der Waals surface area (Å²) in [5.74, 6) is -0.247. The highest BCUT2D eigenvalue weighted by Gasteiger charge is 2.13. The van der Waals surface area contributed by atoms with Gasteiger partial charge in [-0.3, -0.25) is 0 Å². The van der Waals surface area contributed by atoms with Crippen molar-refractivity contribution in [2.24, 2.45) is 0 Å². The second kappa shape index (κ2) is 6.73. The fourth-order valence-corrected chi connectivity index (χ4v) is 2.58. The van der Waals surface area contributed by atoms with Gasteiger partial charge in [0.1, 0.15) is 0 Å². The predicted molar refractivity (Wildman–Crippen MR) is 83.7 cm³/mol. The molecule has 2 nitrogen and oxygen atoms in total. The average molecular weight is 274 g/mol. The molecule has 2 unspecified atom stereocenters.